The number of nitrogens with one attached hydrogen (secondary N) is 1. The highest BCUT2D eigenvalue weighted by molar-refractivity contribution is 9.10. The third-order valence-electron chi connectivity index (χ3n) is 4.23. The molecule has 8 heteroatoms. The van der Waals surface area contributed by atoms with E-state index in [2.05, 4.69) is 32.4 Å². The number of amides is 1. The quantitative estimate of drug-likeness (QED) is 0.510. The summed E-state index contributed by atoms with van der Waals surface area (Å²) in [6.45, 7) is 2.43. The van der Waals surface area contributed by atoms with Gasteiger partial charge < -0.3 is 10.1 Å². The fraction of sp³-hybridized carbons (Fsp3) is 0.182. The van der Waals surface area contributed by atoms with E-state index in [0.717, 1.165) is 10.0 Å². The zero-order valence-electron chi connectivity index (χ0n) is 16.3. The molecule has 2 aromatic carbocycles. The maximum Gasteiger partial charge on any atom is 0.338 e. The Kier molecular flexibility index (Phi) is 6.99. The number of rotatable bonds is 7. The molecule has 0 aliphatic rings. The summed E-state index contributed by atoms with van der Waals surface area (Å²) < 4.78 is 7.48. The molecule has 0 saturated carbocycles. The van der Waals surface area contributed by atoms with Gasteiger partial charge in [-0.05, 0) is 43.3 Å². The minimum Gasteiger partial charge on any atom is -0.462 e. The zero-order valence-corrected chi connectivity index (χ0v) is 17.8. The van der Waals surface area contributed by atoms with Crippen LogP contribution in [-0.4, -0.2) is 28.3 Å². The van der Waals surface area contributed by atoms with E-state index in [1.807, 2.05) is 24.3 Å². The standard InChI is InChI=1S/C22H19BrN4O3/c1-2-30-22(29)16-6-10-18(11-7-16)25-21(28)19-14-27(13-3-12-24)26-20(19)15-4-8-17(23)9-5-15/h4-11,14H,2-3,13H2,1H3,(H,25,28). The summed E-state index contributed by atoms with van der Waals surface area (Å²) >= 11 is 3.40. The fourth-order valence-corrected chi connectivity index (χ4v) is 3.05. The van der Waals surface area contributed by atoms with E-state index in [0.29, 0.717) is 35.7 Å². The minimum atomic E-state index is -0.410. The molecule has 152 valence electrons. The normalized spacial score (nSPS) is 10.3. The maximum atomic E-state index is 13.0. The first kappa shape index (κ1) is 21.3. The molecule has 0 aliphatic heterocycles. The second-order valence-electron chi connectivity index (χ2n) is 6.32. The maximum absolute atomic E-state index is 13.0. The number of carbonyl (C=O) groups excluding carboxylic acids is 2. The van der Waals surface area contributed by atoms with Crippen LogP contribution in [0.25, 0.3) is 11.3 Å². The molecule has 1 aromatic heterocycles. The first-order valence-corrected chi connectivity index (χ1v) is 10.1. The van der Waals surface area contributed by atoms with Gasteiger partial charge in [-0.25, -0.2) is 4.79 Å². The summed E-state index contributed by atoms with van der Waals surface area (Å²) in [4.78, 5) is 24.7. The summed E-state index contributed by atoms with van der Waals surface area (Å²) in [5.74, 6) is -0.744. The number of aryl methyl sites for hydroxylation is 1. The molecular formula is C22H19BrN4O3. The van der Waals surface area contributed by atoms with E-state index in [1.165, 1.54) is 0 Å². The van der Waals surface area contributed by atoms with Crippen LogP contribution in [0.5, 0.6) is 0 Å². The molecule has 0 fully saturated rings. The van der Waals surface area contributed by atoms with Crippen LogP contribution in [0.4, 0.5) is 5.69 Å². The Labute approximate surface area is 182 Å². The molecule has 3 rings (SSSR count). The number of hydrogen-bond acceptors (Lipinski definition) is 5. The van der Waals surface area contributed by atoms with E-state index in [-0.39, 0.29) is 12.3 Å². The molecule has 0 spiro atoms. The lowest BCUT2D eigenvalue weighted by molar-refractivity contribution is 0.0526. The predicted octanol–water partition coefficient (Wildman–Crippen LogP) is 4.66. The molecule has 0 atom stereocenters. The SMILES string of the molecule is CCOC(=O)c1ccc(NC(=O)c2cn(CCC#N)nc2-c2ccc(Br)cc2)cc1. The van der Waals surface area contributed by atoms with Crippen molar-refractivity contribution in [3.05, 3.63) is 70.3 Å². The van der Waals surface area contributed by atoms with Crippen molar-refractivity contribution in [2.45, 2.75) is 19.9 Å². The zero-order chi connectivity index (χ0) is 21.5. The van der Waals surface area contributed by atoms with Crippen molar-refractivity contribution in [3.63, 3.8) is 0 Å². The van der Waals surface area contributed by atoms with Gasteiger partial charge in [-0.1, -0.05) is 28.1 Å². The van der Waals surface area contributed by atoms with Gasteiger partial charge in [-0.3, -0.25) is 9.48 Å². The number of anilines is 1. The molecule has 3 aromatic rings. The van der Waals surface area contributed by atoms with Crippen LogP contribution in [0.1, 0.15) is 34.1 Å². The lowest BCUT2D eigenvalue weighted by Gasteiger charge is -2.07. The summed E-state index contributed by atoms with van der Waals surface area (Å²) in [7, 11) is 0. The van der Waals surface area contributed by atoms with Gasteiger partial charge in [0.15, 0.2) is 0 Å². The van der Waals surface area contributed by atoms with E-state index < -0.39 is 5.97 Å². The van der Waals surface area contributed by atoms with Gasteiger partial charge in [0.05, 0.1) is 36.8 Å². The number of hydrogen-bond donors (Lipinski definition) is 1. The fourth-order valence-electron chi connectivity index (χ4n) is 2.79. The Balaban J connectivity index is 1.85. The van der Waals surface area contributed by atoms with Crippen LogP contribution >= 0.6 is 15.9 Å². The molecule has 0 saturated heterocycles. The average molecular weight is 467 g/mol. The number of ether oxygens (including phenoxy) is 1. The Bertz CT molecular complexity index is 1080. The molecule has 1 heterocycles. The van der Waals surface area contributed by atoms with Crippen LogP contribution in [0.3, 0.4) is 0 Å². The monoisotopic (exact) mass is 466 g/mol. The summed E-state index contributed by atoms with van der Waals surface area (Å²) in [6.07, 6.45) is 1.93. The number of carbonyl (C=O) groups is 2. The van der Waals surface area contributed by atoms with E-state index in [4.69, 9.17) is 10.00 Å². The van der Waals surface area contributed by atoms with Crippen molar-refractivity contribution in [2.24, 2.45) is 0 Å². The number of aromatic nitrogens is 2. The van der Waals surface area contributed by atoms with Gasteiger partial charge in [-0.15, -0.1) is 0 Å². The van der Waals surface area contributed by atoms with Crippen molar-refractivity contribution in [1.29, 1.82) is 5.26 Å². The van der Waals surface area contributed by atoms with Crippen LogP contribution in [0, 0.1) is 11.3 Å². The number of nitrogens with zero attached hydrogens (tertiary/aromatic N) is 3. The molecule has 0 radical (unpaired) electrons. The van der Waals surface area contributed by atoms with Crippen LogP contribution in [0.2, 0.25) is 0 Å². The van der Waals surface area contributed by atoms with Gasteiger partial charge in [-0.2, -0.15) is 10.4 Å². The van der Waals surface area contributed by atoms with E-state index in [1.54, 1.807) is 42.1 Å². The number of benzene rings is 2. The Morgan fingerprint density at radius 1 is 1.17 bits per heavy atom. The van der Waals surface area contributed by atoms with Crippen molar-refractivity contribution in [2.75, 3.05) is 11.9 Å². The van der Waals surface area contributed by atoms with Crippen molar-refractivity contribution in [1.82, 2.24) is 9.78 Å². The summed E-state index contributed by atoms with van der Waals surface area (Å²) in [5, 5.41) is 16.2. The van der Waals surface area contributed by atoms with Crippen LogP contribution < -0.4 is 5.32 Å². The lowest BCUT2D eigenvalue weighted by Crippen LogP contribution is -2.12. The largest absolute Gasteiger partial charge is 0.462 e. The highest BCUT2D eigenvalue weighted by Crippen LogP contribution is 2.25. The first-order chi connectivity index (χ1) is 14.5. The first-order valence-electron chi connectivity index (χ1n) is 9.30. The molecule has 0 aliphatic carbocycles. The average Bonchev–Trinajstić information content (AvgIpc) is 3.18. The van der Waals surface area contributed by atoms with Crippen molar-refractivity contribution < 1.29 is 14.3 Å². The number of halogens is 1. The topological polar surface area (TPSA) is 97.0 Å². The minimum absolute atomic E-state index is 0.290. The Morgan fingerprint density at radius 2 is 1.87 bits per heavy atom. The second kappa shape index (κ2) is 9.85. The molecule has 7 nitrogen and oxygen atoms in total. The third kappa shape index (κ3) is 5.13. The summed E-state index contributed by atoms with van der Waals surface area (Å²) in [5.41, 5.74) is 2.66. The lowest BCUT2D eigenvalue weighted by atomic mass is 10.1. The van der Waals surface area contributed by atoms with Gasteiger partial charge in [0.2, 0.25) is 0 Å². The van der Waals surface area contributed by atoms with E-state index in [9.17, 15) is 9.59 Å². The molecular weight excluding hydrogens is 448 g/mol. The highest BCUT2D eigenvalue weighted by atomic mass is 79.9. The summed E-state index contributed by atoms with van der Waals surface area (Å²) in [6, 6.07) is 16.0. The highest BCUT2D eigenvalue weighted by Gasteiger charge is 2.18. The van der Waals surface area contributed by atoms with Gasteiger partial charge in [0.25, 0.3) is 5.91 Å². The van der Waals surface area contributed by atoms with Crippen LogP contribution in [0.15, 0.2) is 59.2 Å². The van der Waals surface area contributed by atoms with Gasteiger partial charge in [0, 0.05) is 21.9 Å². The van der Waals surface area contributed by atoms with Gasteiger partial charge >= 0.3 is 5.97 Å². The van der Waals surface area contributed by atoms with Crippen LogP contribution in [-0.2, 0) is 11.3 Å². The Morgan fingerprint density at radius 3 is 2.50 bits per heavy atom. The Hall–Kier alpha value is -3.44. The molecule has 1 amide bonds. The third-order valence-corrected chi connectivity index (χ3v) is 4.76. The van der Waals surface area contributed by atoms with Crippen molar-refractivity contribution in [3.8, 4) is 17.3 Å². The molecule has 0 unspecified atom stereocenters. The molecule has 1 N–H and O–H groups in total. The number of nitriles is 1. The number of esters is 1. The predicted molar refractivity (Wildman–Crippen MR) is 116 cm³/mol. The smallest absolute Gasteiger partial charge is 0.338 e. The van der Waals surface area contributed by atoms with Gasteiger partial charge in [0.1, 0.15) is 5.69 Å². The van der Waals surface area contributed by atoms with E-state index >= 15 is 0 Å². The van der Waals surface area contributed by atoms with Crippen molar-refractivity contribution >= 4 is 33.5 Å². The molecule has 0 bridgehead atoms. The second-order valence-corrected chi connectivity index (χ2v) is 7.24. The molecule has 30 heavy (non-hydrogen) atoms.